The molecule has 6 nitrogen and oxygen atoms in total. The normalized spacial score (nSPS) is 14.9. The van der Waals surface area contributed by atoms with Crippen LogP contribution in [-0.4, -0.2) is 33.9 Å². The number of furan rings is 1. The summed E-state index contributed by atoms with van der Waals surface area (Å²) in [5.74, 6) is 0.604. The zero-order valence-corrected chi connectivity index (χ0v) is 19.0. The molecule has 1 aliphatic rings. The number of rotatable bonds is 8. The summed E-state index contributed by atoms with van der Waals surface area (Å²) in [5, 5.41) is 0. The summed E-state index contributed by atoms with van der Waals surface area (Å²) in [6.45, 7) is 6.08. The maximum Gasteiger partial charge on any atom is 0.247 e. The number of amides is 2. The standard InChI is InChI=1S/C26H31N3O3/c1-4-5-6-15-24(30)28(19(2)3)18-25(31)29-21-12-8-7-11-20(21)27-16-9-13-22(27)26(29)23-14-10-17-32-23/h7-14,16-17,19,26H,4-6,15,18H2,1-3H3. The zero-order valence-electron chi connectivity index (χ0n) is 19.0. The highest BCUT2D eigenvalue weighted by Crippen LogP contribution is 2.42. The third-order valence-corrected chi connectivity index (χ3v) is 6.04. The Balaban J connectivity index is 1.70. The van der Waals surface area contributed by atoms with Crippen LogP contribution in [0.5, 0.6) is 0 Å². The average molecular weight is 434 g/mol. The van der Waals surface area contributed by atoms with Crippen LogP contribution < -0.4 is 4.90 Å². The van der Waals surface area contributed by atoms with Crippen LogP contribution in [0.2, 0.25) is 0 Å². The smallest absolute Gasteiger partial charge is 0.247 e. The Morgan fingerprint density at radius 3 is 2.50 bits per heavy atom. The van der Waals surface area contributed by atoms with Gasteiger partial charge < -0.3 is 13.9 Å². The lowest BCUT2D eigenvalue weighted by Crippen LogP contribution is -2.48. The van der Waals surface area contributed by atoms with Crippen LogP contribution in [0.3, 0.4) is 0 Å². The molecular weight excluding hydrogens is 402 g/mol. The number of hydrogen-bond donors (Lipinski definition) is 0. The fraction of sp³-hybridized carbons (Fsp3) is 0.385. The molecule has 0 fully saturated rings. The maximum atomic E-state index is 13.8. The van der Waals surface area contributed by atoms with Crippen LogP contribution in [0.25, 0.3) is 5.69 Å². The van der Waals surface area contributed by atoms with Crippen LogP contribution in [0, 0.1) is 0 Å². The Hall–Kier alpha value is -3.28. The van der Waals surface area contributed by atoms with E-state index in [9.17, 15) is 9.59 Å². The molecule has 0 radical (unpaired) electrons. The van der Waals surface area contributed by atoms with Gasteiger partial charge in [0.1, 0.15) is 18.3 Å². The van der Waals surface area contributed by atoms with Crippen LogP contribution in [-0.2, 0) is 9.59 Å². The minimum absolute atomic E-state index is 0.0324. The summed E-state index contributed by atoms with van der Waals surface area (Å²) in [7, 11) is 0. The first-order valence-electron chi connectivity index (χ1n) is 11.4. The number of anilines is 1. The van der Waals surface area contributed by atoms with E-state index in [4.69, 9.17) is 4.42 Å². The Morgan fingerprint density at radius 1 is 1.03 bits per heavy atom. The Labute approximate surface area is 189 Å². The van der Waals surface area contributed by atoms with Crippen molar-refractivity contribution >= 4 is 17.5 Å². The van der Waals surface area contributed by atoms with Gasteiger partial charge in [0.25, 0.3) is 0 Å². The van der Waals surface area contributed by atoms with Crippen LogP contribution in [0.15, 0.2) is 65.4 Å². The zero-order chi connectivity index (χ0) is 22.7. The van der Waals surface area contributed by atoms with Gasteiger partial charge in [-0.05, 0) is 56.7 Å². The molecule has 1 unspecified atom stereocenters. The van der Waals surface area contributed by atoms with Crippen molar-refractivity contribution in [1.29, 1.82) is 0 Å². The molecule has 0 saturated carbocycles. The van der Waals surface area contributed by atoms with Gasteiger partial charge in [-0.2, -0.15) is 0 Å². The van der Waals surface area contributed by atoms with E-state index in [1.807, 2.05) is 68.6 Å². The summed E-state index contributed by atoms with van der Waals surface area (Å²) in [5.41, 5.74) is 2.70. The van der Waals surface area contributed by atoms with Gasteiger partial charge in [0.15, 0.2) is 0 Å². The van der Waals surface area contributed by atoms with E-state index in [0.29, 0.717) is 12.2 Å². The van der Waals surface area contributed by atoms with E-state index in [2.05, 4.69) is 11.5 Å². The van der Waals surface area contributed by atoms with Crippen molar-refractivity contribution in [2.24, 2.45) is 0 Å². The fourth-order valence-corrected chi connectivity index (χ4v) is 4.43. The molecule has 4 rings (SSSR count). The number of benzene rings is 1. The monoisotopic (exact) mass is 433 g/mol. The van der Waals surface area contributed by atoms with E-state index in [1.54, 1.807) is 16.1 Å². The minimum Gasteiger partial charge on any atom is -0.467 e. The van der Waals surface area contributed by atoms with Gasteiger partial charge in [-0.15, -0.1) is 0 Å². The molecular formula is C26H31N3O3. The van der Waals surface area contributed by atoms with Crippen molar-refractivity contribution in [3.63, 3.8) is 0 Å². The third kappa shape index (κ3) is 4.09. The van der Waals surface area contributed by atoms with E-state index in [1.165, 1.54) is 0 Å². The molecule has 0 aliphatic carbocycles. The van der Waals surface area contributed by atoms with Crippen molar-refractivity contribution < 1.29 is 14.0 Å². The Morgan fingerprint density at radius 2 is 1.81 bits per heavy atom. The van der Waals surface area contributed by atoms with Gasteiger partial charge in [0.2, 0.25) is 11.8 Å². The number of unbranched alkanes of at least 4 members (excludes halogenated alkanes) is 2. The van der Waals surface area contributed by atoms with E-state index < -0.39 is 6.04 Å². The second-order valence-electron chi connectivity index (χ2n) is 8.55. The lowest BCUT2D eigenvalue weighted by Gasteiger charge is -2.38. The van der Waals surface area contributed by atoms with Crippen molar-refractivity contribution in [3.8, 4) is 5.69 Å². The topological polar surface area (TPSA) is 58.7 Å². The molecule has 1 atom stereocenters. The molecule has 3 heterocycles. The highest BCUT2D eigenvalue weighted by atomic mass is 16.3. The van der Waals surface area contributed by atoms with Crippen LogP contribution in [0.4, 0.5) is 5.69 Å². The van der Waals surface area contributed by atoms with Crippen molar-refractivity contribution in [2.45, 2.75) is 58.5 Å². The quantitative estimate of drug-likeness (QED) is 0.452. The lowest BCUT2D eigenvalue weighted by molar-refractivity contribution is -0.137. The number of para-hydroxylation sites is 2. The number of fused-ring (bicyclic) bond motifs is 3. The van der Waals surface area contributed by atoms with Crippen LogP contribution in [0.1, 0.15) is 64.0 Å². The van der Waals surface area contributed by atoms with Crippen LogP contribution >= 0.6 is 0 Å². The SMILES string of the molecule is CCCCCC(=O)N(CC(=O)N1c2ccccc2-n2cccc2C1c1ccco1)C(C)C. The van der Waals surface area contributed by atoms with Gasteiger partial charge in [-0.1, -0.05) is 31.9 Å². The Bertz CT molecular complexity index is 1070. The first kappa shape index (κ1) is 21.9. The molecule has 0 N–H and O–H groups in total. The van der Waals surface area contributed by atoms with Crippen molar-refractivity contribution in [3.05, 3.63) is 72.4 Å². The lowest BCUT2D eigenvalue weighted by atomic mass is 10.0. The van der Waals surface area contributed by atoms with E-state index >= 15 is 0 Å². The van der Waals surface area contributed by atoms with Gasteiger partial charge in [-0.25, -0.2) is 0 Å². The van der Waals surface area contributed by atoms with Gasteiger partial charge in [-0.3, -0.25) is 14.5 Å². The summed E-state index contributed by atoms with van der Waals surface area (Å²) in [4.78, 5) is 30.2. The second-order valence-corrected chi connectivity index (χ2v) is 8.55. The van der Waals surface area contributed by atoms with Crippen molar-refractivity contribution in [1.82, 2.24) is 9.47 Å². The second kappa shape index (κ2) is 9.47. The van der Waals surface area contributed by atoms with E-state index in [0.717, 1.165) is 36.3 Å². The van der Waals surface area contributed by atoms with Gasteiger partial charge in [0.05, 0.1) is 23.3 Å². The fourth-order valence-electron chi connectivity index (χ4n) is 4.43. The van der Waals surface area contributed by atoms with Gasteiger partial charge in [0, 0.05) is 18.7 Å². The number of hydrogen-bond acceptors (Lipinski definition) is 3. The summed E-state index contributed by atoms with van der Waals surface area (Å²) < 4.78 is 7.87. The highest BCUT2D eigenvalue weighted by molar-refractivity contribution is 6.00. The summed E-state index contributed by atoms with van der Waals surface area (Å²) >= 11 is 0. The molecule has 2 amide bonds. The molecule has 0 bridgehead atoms. The minimum atomic E-state index is -0.397. The molecule has 3 aromatic rings. The third-order valence-electron chi connectivity index (χ3n) is 6.04. The van der Waals surface area contributed by atoms with Crippen molar-refractivity contribution in [2.75, 3.05) is 11.4 Å². The number of carbonyl (C=O) groups excluding carboxylic acids is 2. The molecule has 1 aliphatic heterocycles. The maximum absolute atomic E-state index is 13.8. The summed E-state index contributed by atoms with van der Waals surface area (Å²) in [6.07, 6.45) is 7.03. The molecule has 1 aromatic carbocycles. The molecule has 0 saturated heterocycles. The first-order chi connectivity index (χ1) is 15.5. The number of nitrogens with zero attached hydrogens (tertiary/aromatic N) is 3. The Kier molecular flexibility index (Phi) is 6.49. The predicted octanol–water partition coefficient (Wildman–Crippen LogP) is 5.32. The summed E-state index contributed by atoms with van der Waals surface area (Å²) in [6, 6.07) is 15.1. The highest BCUT2D eigenvalue weighted by Gasteiger charge is 2.38. The molecule has 168 valence electrons. The number of carbonyl (C=O) groups is 2. The first-order valence-corrected chi connectivity index (χ1v) is 11.4. The largest absolute Gasteiger partial charge is 0.467 e. The molecule has 0 spiro atoms. The molecule has 2 aromatic heterocycles. The predicted molar refractivity (Wildman–Crippen MR) is 125 cm³/mol. The van der Waals surface area contributed by atoms with E-state index in [-0.39, 0.29) is 24.4 Å². The number of aromatic nitrogens is 1. The average Bonchev–Trinajstić information content (AvgIpc) is 3.48. The van der Waals surface area contributed by atoms with Gasteiger partial charge >= 0.3 is 0 Å². The molecule has 32 heavy (non-hydrogen) atoms. The molecule has 6 heteroatoms.